The van der Waals surface area contributed by atoms with E-state index in [0.29, 0.717) is 0 Å². The van der Waals surface area contributed by atoms with Crippen molar-refractivity contribution in [1.29, 1.82) is 0 Å². The van der Waals surface area contributed by atoms with Gasteiger partial charge in [-0.3, -0.25) is 37.8 Å². The molecule has 0 bridgehead atoms. The molecule has 0 spiro atoms. The lowest BCUT2D eigenvalue weighted by molar-refractivity contribution is -0.244. The molecule has 3 fully saturated rings. The van der Waals surface area contributed by atoms with Crippen molar-refractivity contribution in [1.82, 2.24) is 39.0 Å². The molecule has 4 aromatic rings. The maximum absolute atomic E-state index is 13.0. The Labute approximate surface area is 253 Å². The number of H-pyrrole nitrogens is 2. The SMILES string of the molecule is Nc1nc2c(ncn2[C@@H]2O[C@@H]3COP(=O)([O-])OC4[C@@H](COP(=O)([O-])O[C@@H]3C2O)O[C@@H](n2cnc3c(=O)[nH]c(N)nc32)[C@H]4O)c(=O)[nH]1. The number of aliphatic hydroxyl groups is 2. The molecule has 0 saturated carbocycles. The molecule has 26 heteroatoms. The smallest absolute Gasteiger partial charge is 0.280 e. The van der Waals surface area contributed by atoms with Gasteiger partial charge in [0.15, 0.2) is 34.8 Å². The quantitative estimate of drug-likeness (QED) is 0.108. The average molecular weight is 688 g/mol. The van der Waals surface area contributed by atoms with Crippen LogP contribution in [0.1, 0.15) is 12.5 Å². The molecule has 3 saturated heterocycles. The molecule has 3 aliphatic heterocycles. The van der Waals surface area contributed by atoms with Crippen molar-refractivity contribution in [3.05, 3.63) is 33.4 Å². The number of aromatic amines is 2. The predicted octanol–water partition coefficient (Wildman–Crippen LogP) is -4.31. The second-order valence-electron chi connectivity index (χ2n) is 10.3. The number of phosphoric acid groups is 2. The minimum absolute atomic E-state index is 0.149. The Bertz CT molecular complexity index is 1900. The van der Waals surface area contributed by atoms with Gasteiger partial charge in [-0.2, -0.15) is 9.97 Å². The molecule has 0 aliphatic carbocycles. The van der Waals surface area contributed by atoms with Crippen LogP contribution in [0.25, 0.3) is 22.3 Å². The third-order valence-corrected chi connectivity index (χ3v) is 9.30. The van der Waals surface area contributed by atoms with E-state index in [0.717, 1.165) is 21.8 Å². The summed E-state index contributed by atoms with van der Waals surface area (Å²) >= 11 is 0. The Balaban J connectivity index is 1.18. The van der Waals surface area contributed by atoms with Crippen molar-refractivity contribution in [2.24, 2.45) is 0 Å². The van der Waals surface area contributed by atoms with Gasteiger partial charge >= 0.3 is 0 Å². The number of aliphatic hydroxyl groups excluding tert-OH is 2. The molecule has 3 aliphatic rings. The summed E-state index contributed by atoms with van der Waals surface area (Å²) in [5.41, 5.74) is 9.11. The maximum atomic E-state index is 13.0. The first kappa shape index (κ1) is 31.0. The third-order valence-electron chi connectivity index (χ3n) is 7.36. The molecule has 4 aromatic heterocycles. The van der Waals surface area contributed by atoms with Crippen molar-refractivity contribution in [2.45, 2.75) is 49.1 Å². The summed E-state index contributed by atoms with van der Waals surface area (Å²) in [5, 5.41) is 22.1. The number of hydrogen-bond acceptors (Lipinski definition) is 20. The number of nitrogens with one attached hydrogen (secondary N) is 2. The molecule has 7 heterocycles. The highest BCUT2D eigenvalue weighted by Gasteiger charge is 2.51. The minimum atomic E-state index is -5.36. The highest BCUT2D eigenvalue weighted by atomic mass is 31.2. The van der Waals surface area contributed by atoms with E-state index in [2.05, 4.69) is 29.9 Å². The van der Waals surface area contributed by atoms with E-state index < -0.39 is 89.1 Å². The van der Waals surface area contributed by atoms with Gasteiger partial charge in [-0.25, -0.2) is 9.97 Å². The molecular weight excluding hydrogens is 666 g/mol. The molecule has 0 radical (unpaired) electrons. The van der Waals surface area contributed by atoms with E-state index in [1.54, 1.807) is 0 Å². The van der Waals surface area contributed by atoms with Gasteiger partial charge in [-0.05, 0) is 0 Å². The fourth-order valence-corrected chi connectivity index (χ4v) is 7.27. The number of nitrogens with two attached hydrogens (primary N) is 2. The summed E-state index contributed by atoms with van der Waals surface area (Å²) in [6, 6.07) is 0. The standard InChI is InChI=1S/C20H24N10O14P2/c21-19-25-13-7(15(33)27-19)23-3-29(13)17-9(31)11-5(41-17)1-39-45(35,36)44-12-6(2-40-46(37,38)43-11)42-18(10(12)32)30-4-24-8-14(30)26-20(22)28-16(8)34/h3-6,9-12,17-18,31-32H,1-2H2,(H,35,36)(H,37,38)(H3,21,25,27,33)(H3,22,26,28,34)/p-2/t5-,6-,9+,10?,11?,12+,17-,18-/m1/s1. The van der Waals surface area contributed by atoms with Crippen LogP contribution in [0.15, 0.2) is 22.2 Å². The minimum Gasteiger partial charge on any atom is -0.756 e. The second-order valence-corrected chi connectivity index (χ2v) is 13.0. The molecule has 0 amide bonds. The normalized spacial score (nSPS) is 37.1. The highest BCUT2D eigenvalue weighted by Crippen LogP contribution is 2.50. The van der Waals surface area contributed by atoms with Gasteiger partial charge in [0.2, 0.25) is 11.9 Å². The Hall–Kier alpha value is -3.64. The zero-order valence-corrected chi connectivity index (χ0v) is 24.5. The van der Waals surface area contributed by atoms with Gasteiger partial charge in [0.25, 0.3) is 26.8 Å². The van der Waals surface area contributed by atoms with Crippen molar-refractivity contribution in [3.8, 4) is 0 Å². The number of nitrogen functional groups attached to an aromatic ring is 2. The molecule has 7 rings (SSSR count). The Morgan fingerprint density at radius 3 is 1.57 bits per heavy atom. The summed E-state index contributed by atoms with van der Waals surface area (Å²) in [5.74, 6) is -0.598. The summed E-state index contributed by atoms with van der Waals surface area (Å²) in [6.45, 7) is -1.92. The van der Waals surface area contributed by atoms with Crippen molar-refractivity contribution in [2.75, 3.05) is 24.7 Å². The number of hydrogen-bond donors (Lipinski definition) is 6. The zero-order valence-electron chi connectivity index (χ0n) is 22.7. The topological polar surface area (TPSA) is 355 Å². The van der Waals surface area contributed by atoms with Gasteiger partial charge in [-0.15, -0.1) is 0 Å². The predicted molar refractivity (Wildman–Crippen MR) is 142 cm³/mol. The zero-order chi connectivity index (χ0) is 32.7. The molecule has 46 heavy (non-hydrogen) atoms. The fraction of sp³-hybridized carbons (Fsp3) is 0.500. The number of phosphoric ester groups is 2. The van der Waals surface area contributed by atoms with Crippen LogP contribution in [-0.4, -0.2) is 99.1 Å². The number of aromatic nitrogens is 8. The molecule has 24 nitrogen and oxygen atoms in total. The van der Waals surface area contributed by atoms with Crippen LogP contribution in [-0.2, 0) is 36.7 Å². The van der Waals surface area contributed by atoms with E-state index in [1.165, 1.54) is 0 Å². The van der Waals surface area contributed by atoms with E-state index in [-0.39, 0.29) is 34.2 Å². The number of nitrogens with zero attached hydrogens (tertiary/aromatic N) is 6. The van der Waals surface area contributed by atoms with Crippen LogP contribution >= 0.6 is 15.6 Å². The second kappa shape index (κ2) is 11.0. The van der Waals surface area contributed by atoms with Crippen molar-refractivity contribution >= 4 is 49.9 Å². The molecule has 10 atom stereocenters. The van der Waals surface area contributed by atoms with E-state index in [9.17, 15) is 38.7 Å². The van der Waals surface area contributed by atoms with Gasteiger partial charge in [-0.1, -0.05) is 0 Å². The van der Waals surface area contributed by atoms with Crippen molar-refractivity contribution < 1.29 is 56.7 Å². The van der Waals surface area contributed by atoms with Gasteiger partial charge < -0.3 is 59.0 Å². The number of imidazole rings is 2. The number of anilines is 2. The van der Waals surface area contributed by atoms with Crippen LogP contribution in [0.3, 0.4) is 0 Å². The molecular formula is C20H22N10O14P2-2. The average Bonchev–Trinajstić information content (AvgIpc) is 3.72. The van der Waals surface area contributed by atoms with Crippen molar-refractivity contribution in [3.63, 3.8) is 0 Å². The number of rotatable bonds is 2. The Morgan fingerprint density at radius 1 is 0.783 bits per heavy atom. The summed E-state index contributed by atoms with van der Waals surface area (Å²) in [7, 11) is -10.7. The van der Waals surface area contributed by atoms with Crippen LogP contribution in [0, 0.1) is 0 Å². The number of ether oxygens (including phenoxy) is 2. The van der Waals surface area contributed by atoms with Gasteiger partial charge in [0, 0.05) is 0 Å². The summed E-state index contributed by atoms with van der Waals surface area (Å²) in [6.07, 6.45) is -11.5. The molecule has 0 aromatic carbocycles. The Morgan fingerprint density at radius 2 is 1.17 bits per heavy atom. The van der Waals surface area contributed by atoms with Gasteiger partial charge in [0.05, 0.1) is 25.9 Å². The lowest BCUT2D eigenvalue weighted by Crippen LogP contribution is -2.41. The number of fused-ring (bicyclic) bond motifs is 4. The van der Waals surface area contributed by atoms with Crippen LogP contribution in [0.2, 0.25) is 0 Å². The largest absolute Gasteiger partial charge is 0.756 e. The first-order chi connectivity index (χ1) is 21.7. The summed E-state index contributed by atoms with van der Waals surface area (Å²) < 4.78 is 59.6. The Kier molecular flexibility index (Phi) is 7.39. The summed E-state index contributed by atoms with van der Waals surface area (Å²) in [4.78, 5) is 70.5. The van der Waals surface area contributed by atoms with Crippen LogP contribution < -0.4 is 32.4 Å². The third kappa shape index (κ3) is 5.33. The first-order valence-electron chi connectivity index (χ1n) is 13.1. The maximum Gasteiger partial charge on any atom is 0.280 e. The van der Waals surface area contributed by atoms with E-state index in [1.807, 2.05) is 0 Å². The fourth-order valence-electron chi connectivity index (χ4n) is 5.37. The van der Waals surface area contributed by atoms with E-state index in [4.69, 9.17) is 39.0 Å². The molecule has 4 unspecified atom stereocenters. The van der Waals surface area contributed by atoms with Crippen LogP contribution in [0.5, 0.6) is 0 Å². The molecule has 248 valence electrons. The van der Waals surface area contributed by atoms with Crippen LogP contribution in [0.4, 0.5) is 11.9 Å². The highest BCUT2D eigenvalue weighted by molar-refractivity contribution is 7.46. The molecule has 8 N–H and O–H groups in total. The first-order valence-corrected chi connectivity index (χ1v) is 16.0. The monoisotopic (exact) mass is 688 g/mol. The lowest BCUT2D eigenvalue weighted by atomic mass is 10.1. The lowest BCUT2D eigenvalue weighted by Gasteiger charge is -2.34. The van der Waals surface area contributed by atoms with Gasteiger partial charge in [0.1, 0.15) is 36.6 Å². The van der Waals surface area contributed by atoms with E-state index >= 15 is 0 Å².